The number of ether oxygens (including phenoxy) is 2. The van der Waals surface area contributed by atoms with Gasteiger partial charge in [0.05, 0.1) is 31.3 Å². The van der Waals surface area contributed by atoms with Gasteiger partial charge in [-0.1, -0.05) is 47.6 Å². The van der Waals surface area contributed by atoms with Gasteiger partial charge in [0.15, 0.2) is 0 Å². The van der Waals surface area contributed by atoms with Crippen molar-refractivity contribution in [1.29, 1.82) is 0 Å². The van der Waals surface area contributed by atoms with Crippen molar-refractivity contribution in [2.75, 3.05) is 31.6 Å². The molecule has 0 aliphatic carbocycles. The number of anilines is 1. The number of aliphatic hydroxyl groups excluding tert-OH is 1. The zero-order valence-electron chi connectivity index (χ0n) is 22.0. The van der Waals surface area contributed by atoms with Crippen LogP contribution in [0.5, 0.6) is 5.75 Å². The fourth-order valence-corrected chi connectivity index (χ4v) is 2.88. The summed E-state index contributed by atoms with van der Waals surface area (Å²) >= 11 is 0. The lowest BCUT2D eigenvalue weighted by molar-refractivity contribution is -0.148. The van der Waals surface area contributed by atoms with Gasteiger partial charge in [0.25, 0.3) is 0 Å². The molecule has 0 saturated carbocycles. The van der Waals surface area contributed by atoms with Crippen LogP contribution in [0.4, 0.5) is 5.69 Å². The molecule has 0 spiro atoms. The summed E-state index contributed by atoms with van der Waals surface area (Å²) in [7, 11) is 0. The molecule has 202 valence electrons. The van der Waals surface area contributed by atoms with Crippen LogP contribution >= 0.6 is 0 Å². The van der Waals surface area contributed by atoms with Gasteiger partial charge in [-0.15, -0.1) is 0 Å². The molecule has 0 bridgehead atoms. The number of carbonyl (C=O) groups excluding carboxylic acids is 4. The Hall–Kier alpha value is -3.18. The molecule has 0 heterocycles. The minimum absolute atomic E-state index is 0.00370. The van der Waals surface area contributed by atoms with Gasteiger partial charge >= 0.3 is 5.97 Å². The van der Waals surface area contributed by atoms with Crippen LogP contribution in [0.1, 0.15) is 47.1 Å². The van der Waals surface area contributed by atoms with E-state index in [0.717, 1.165) is 0 Å². The van der Waals surface area contributed by atoms with Gasteiger partial charge in [-0.3, -0.25) is 19.2 Å². The van der Waals surface area contributed by atoms with Gasteiger partial charge < -0.3 is 35.8 Å². The molecule has 36 heavy (non-hydrogen) atoms. The number of hydrogen-bond donors (Lipinski definition) is 5. The summed E-state index contributed by atoms with van der Waals surface area (Å²) in [5.41, 5.74) is 0.973. The Balaban J connectivity index is 2.76. The van der Waals surface area contributed by atoms with Gasteiger partial charge in [0.1, 0.15) is 25.0 Å². The first-order valence-electron chi connectivity index (χ1n) is 12.1. The molecule has 0 radical (unpaired) electrons. The monoisotopic (exact) mass is 508 g/mol. The molecule has 1 rings (SSSR count). The second-order valence-corrected chi connectivity index (χ2v) is 9.26. The van der Waals surface area contributed by atoms with E-state index in [-0.39, 0.29) is 68.4 Å². The van der Waals surface area contributed by atoms with Crippen LogP contribution in [0.15, 0.2) is 18.2 Å². The Morgan fingerprint density at radius 3 is 2.25 bits per heavy atom. The number of esters is 1. The molecule has 0 saturated heterocycles. The normalized spacial score (nSPS) is 11.8. The average Bonchev–Trinajstić information content (AvgIpc) is 2.82. The number of hydrogen-bond acceptors (Lipinski definition) is 8. The second kappa shape index (κ2) is 15.7. The van der Waals surface area contributed by atoms with Crippen molar-refractivity contribution in [1.82, 2.24) is 16.0 Å². The molecule has 0 aromatic heterocycles. The van der Waals surface area contributed by atoms with E-state index >= 15 is 0 Å². The third-order valence-corrected chi connectivity index (χ3v) is 4.88. The summed E-state index contributed by atoms with van der Waals surface area (Å²) in [6.45, 7) is 10.4. The summed E-state index contributed by atoms with van der Waals surface area (Å²) in [5, 5.41) is 20.0. The lowest BCUT2D eigenvalue weighted by Crippen LogP contribution is -2.52. The van der Waals surface area contributed by atoms with Crippen molar-refractivity contribution in [3.63, 3.8) is 0 Å². The van der Waals surface area contributed by atoms with Gasteiger partial charge in [-0.2, -0.15) is 0 Å². The van der Waals surface area contributed by atoms with Crippen LogP contribution in [-0.4, -0.2) is 67.2 Å². The molecule has 1 aromatic carbocycles. The van der Waals surface area contributed by atoms with Crippen LogP contribution in [0.3, 0.4) is 0 Å². The van der Waals surface area contributed by atoms with Crippen LogP contribution in [0.25, 0.3) is 0 Å². The first kappa shape index (κ1) is 30.9. The maximum absolute atomic E-state index is 12.6. The zero-order valence-corrected chi connectivity index (χ0v) is 22.0. The fraction of sp³-hybridized carbons (Fsp3) is 0.600. The lowest BCUT2D eigenvalue weighted by atomic mass is 10.0. The van der Waals surface area contributed by atoms with E-state index in [0.29, 0.717) is 11.3 Å². The summed E-state index contributed by atoms with van der Waals surface area (Å²) in [5.74, 6) is -1.80. The largest absolute Gasteiger partial charge is 0.489 e. The molecule has 3 amide bonds. The van der Waals surface area contributed by atoms with E-state index in [9.17, 15) is 19.2 Å². The molecule has 0 aliphatic heterocycles. The molecule has 0 fully saturated rings. The lowest BCUT2D eigenvalue weighted by Gasteiger charge is -2.22. The molecule has 11 heteroatoms. The molecular formula is C25H40N4O7. The van der Waals surface area contributed by atoms with Gasteiger partial charge in [-0.25, -0.2) is 0 Å². The third kappa shape index (κ3) is 11.5. The van der Waals surface area contributed by atoms with Crippen molar-refractivity contribution < 1.29 is 33.8 Å². The quantitative estimate of drug-likeness (QED) is 0.219. The van der Waals surface area contributed by atoms with E-state index in [1.165, 1.54) is 0 Å². The maximum Gasteiger partial charge on any atom is 0.308 e. The van der Waals surface area contributed by atoms with Crippen molar-refractivity contribution >= 4 is 29.4 Å². The Bertz CT molecular complexity index is 887. The van der Waals surface area contributed by atoms with E-state index < -0.39 is 17.9 Å². The topological polar surface area (TPSA) is 155 Å². The number of amides is 3. The van der Waals surface area contributed by atoms with Gasteiger partial charge in [0.2, 0.25) is 17.7 Å². The number of benzene rings is 1. The molecule has 11 nitrogen and oxygen atoms in total. The van der Waals surface area contributed by atoms with Crippen LogP contribution in [-0.2, 0) is 30.5 Å². The standard InChI is InChI=1S/C25H40N4O7/c1-15(2)23(29-22(32)12-26-17(5)6)24(33)27-13-21(31)28-19-8-7-18(11-20(19)35-10-9-30)14-36-25(34)16(3)4/h7-8,11,15-17,23,26,30H,9-10,12-14H2,1-6H3,(H,27,33)(H,28,31)(H,29,32). The fourth-order valence-electron chi connectivity index (χ4n) is 2.88. The van der Waals surface area contributed by atoms with E-state index in [4.69, 9.17) is 14.6 Å². The zero-order chi connectivity index (χ0) is 27.3. The molecule has 1 unspecified atom stereocenters. The number of rotatable bonds is 15. The Labute approximate surface area is 212 Å². The van der Waals surface area contributed by atoms with Crippen molar-refractivity contribution in [2.24, 2.45) is 11.8 Å². The summed E-state index contributed by atoms with van der Waals surface area (Å²) in [4.78, 5) is 49.0. The predicted molar refractivity (Wildman–Crippen MR) is 135 cm³/mol. The maximum atomic E-state index is 12.6. The Morgan fingerprint density at radius 1 is 0.972 bits per heavy atom. The average molecular weight is 509 g/mol. The molecule has 1 aromatic rings. The molecule has 1 atom stereocenters. The predicted octanol–water partition coefficient (Wildman–Crippen LogP) is 0.950. The van der Waals surface area contributed by atoms with Crippen molar-refractivity contribution in [3.05, 3.63) is 23.8 Å². The highest BCUT2D eigenvalue weighted by atomic mass is 16.5. The minimum atomic E-state index is -0.796. The summed E-state index contributed by atoms with van der Waals surface area (Å²) in [6, 6.07) is 4.19. The molecular weight excluding hydrogens is 468 g/mol. The smallest absolute Gasteiger partial charge is 0.308 e. The Morgan fingerprint density at radius 2 is 1.67 bits per heavy atom. The van der Waals surface area contributed by atoms with Crippen LogP contribution in [0.2, 0.25) is 0 Å². The summed E-state index contributed by atoms with van der Waals surface area (Å²) in [6.07, 6.45) is 0. The number of nitrogens with one attached hydrogen (secondary N) is 4. The Kier molecular flexibility index (Phi) is 13.5. The minimum Gasteiger partial charge on any atom is -0.489 e. The second-order valence-electron chi connectivity index (χ2n) is 9.26. The first-order valence-corrected chi connectivity index (χ1v) is 12.1. The van der Waals surface area contributed by atoms with Crippen molar-refractivity contribution in [3.8, 4) is 5.75 Å². The highest BCUT2D eigenvalue weighted by Gasteiger charge is 2.24. The molecule has 0 aliphatic rings. The van der Waals surface area contributed by atoms with Crippen LogP contribution < -0.4 is 26.0 Å². The highest BCUT2D eigenvalue weighted by Crippen LogP contribution is 2.26. The number of aliphatic hydroxyl groups is 1. The SMILES string of the molecule is CC(C)NCC(=O)NC(C(=O)NCC(=O)Nc1ccc(COC(=O)C(C)C)cc1OCCO)C(C)C. The van der Waals surface area contributed by atoms with Gasteiger partial charge in [0, 0.05) is 6.04 Å². The van der Waals surface area contributed by atoms with E-state index in [1.54, 1.807) is 45.9 Å². The van der Waals surface area contributed by atoms with Crippen molar-refractivity contribution in [2.45, 2.75) is 60.2 Å². The van der Waals surface area contributed by atoms with E-state index in [1.807, 2.05) is 13.8 Å². The summed E-state index contributed by atoms with van der Waals surface area (Å²) < 4.78 is 10.7. The first-order chi connectivity index (χ1) is 16.9. The van der Waals surface area contributed by atoms with E-state index in [2.05, 4.69) is 21.3 Å². The van der Waals surface area contributed by atoms with Crippen LogP contribution in [0, 0.1) is 11.8 Å². The van der Waals surface area contributed by atoms with Gasteiger partial charge in [-0.05, 0) is 23.6 Å². The third-order valence-electron chi connectivity index (χ3n) is 4.88. The highest BCUT2D eigenvalue weighted by molar-refractivity contribution is 5.97. The number of carbonyl (C=O) groups is 4. The molecule has 5 N–H and O–H groups in total.